The fourth-order valence-corrected chi connectivity index (χ4v) is 1.93. The first kappa shape index (κ1) is 16.4. The number of hydrogen-bond donors (Lipinski definition) is 0. The molecule has 7 heteroatoms. The van der Waals surface area contributed by atoms with E-state index in [1.165, 1.54) is 6.07 Å². The Hall–Kier alpha value is -1.69. The number of halogens is 1. The van der Waals surface area contributed by atoms with Gasteiger partial charge in [0.1, 0.15) is 16.9 Å². The molecule has 0 spiro atoms. The zero-order valence-electron chi connectivity index (χ0n) is 11.8. The lowest BCUT2D eigenvalue weighted by Gasteiger charge is -2.24. The third-order valence-corrected chi connectivity index (χ3v) is 3.38. The van der Waals surface area contributed by atoms with Gasteiger partial charge in [-0.1, -0.05) is 31.9 Å². The average molecular weight is 300 g/mol. The van der Waals surface area contributed by atoms with E-state index in [2.05, 4.69) is 4.98 Å². The summed E-state index contributed by atoms with van der Waals surface area (Å²) in [4.78, 5) is 28.0. The summed E-state index contributed by atoms with van der Waals surface area (Å²) in [5.41, 5.74) is -0.331. The second kappa shape index (κ2) is 7.19. The number of pyridine rings is 1. The molecule has 1 aromatic rings. The van der Waals surface area contributed by atoms with Crippen LogP contribution in [0.4, 0.5) is 5.69 Å². The molecule has 0 fully saturated rings. The molecule has 0 saturated heterocycles. The van der Waals surface area contributed by atoms with Crippen molar-refractivity contribution in [2.45, 2.75) is 27.2 Å². The van der Waals surface area contributed by atoms with Gasteiger partial charge in [0.15, 0.2) is 0 Å². The molecule has 0 aliphatic heterocycles. The largest absolute Gasteiger partial charge is 0.338 e. The highest BCUT2D eigenvalue weighted by molar-refractivity contribution is 6.29. The first-order valence-corrected chi connectivity index (χ1v) is 6.87. The third kappa shape index (κ3) is 3.90. The first-order chi connectivity index (χ1) is 9.40. The summed E-state index contributed by atoms with van der Waals surface area (Å²) in [5.74, 6) is -0.0564. The van der Waals surface area contributed by atoms with Crippen LogP contribution in [0.15, 0.2) is 12.3 Å². The summed E-state index contributed by atoms with van der Waals surface area (Å²) in [6.07, 6.45) is 1.95. The predicted octanol–water partition coefficient (Wildman–Crippen LogP) is 3.15. The van der Waals surface area contributed by atoms with Crippen molar-refractivity contribution in [3.63, 3.8) is 0 Å². The van der Waals surface area contributed by atoms with Gasteiger partial charge in [-0.05, 0) is 18.9 Å². The van der Waals surface area contributed by atoms with Gasteiger partial charge in [0.05, 0.1) is 4.92 Å². The normalized spacial score (nSPS) is 12.0. The highest BCUT2D eigenvalue weighted by Gasteiger charge is 2.25. The molecule has 1 atom stereocenters. The van der Waals surface area contributed by atoms with E-state index in [0.717, 1.165) is 12.6 Å². The van der Waals surface area contributed by atoms with Crippen molar-refractivity contribution in [1.82, 2.24) is 9.88 Å². The van der Waals surface area contributed by atoms with Crippen LogP contribution < -0.4 is 0 Å². The van der Waals surface area contributed by atoms with Gasteiger partial charge in [-0.2, -0.15) is 0 Å². The lowest BCUT2D eigenvalue weighted by Crippen LogP contribution is -2.34. The van der Waals surface area contributed by atoms with E-state index >= 15 is 0 Å². The van der Waals surface area contributed by atoms with Crippen LogP contribution in [0, 0.1) is 16.0 Å². The Morgan fingerprint density at radius 2 is 2.20 bits per heavy atom. The number of rotatable bonds is 6. The molecule has 0 bridgehead atoms. The van der Waals surface area contributed by atoms with Crippen LogP contribution in [-0.4, -0.2) is 33.8 Å². The van der Waals surface area contributed by atoms with E-state index < -0.39 is 4.92 Å². The molecular formula is C13H18ClN3O3. The lowest BCUT2D eigenvalue weighted by molar-refractivity contribution is -0.385. The summed E-state index contributed by atoms with van der Waals surface area (Å²) < 4.78 is 0. The van der Waals surface area contributed by atoms with Gasteiger partial charge in [-0.25, -0.2) is 4.98 Å². The van der Waals surface area contributed by atoms with Gasteiger partial charge in [-0.3, -0.25) is 14.9 Å². The van der Waals surface area contributed by atoms with E-state index in [1.807, 2.05) is 20.8 Å². The van der Waals surface area contributed by atoms with Gasteiger partial charge in [0.25, 0.3) is 11.6 Å². The van der Waals surface area contributed by atoms with Crippen LogP contribution >= 0.6 is 11.6 Å². The molecule has 0 radical (unpaired) electrons. The van der Waals surface area contributed by atoms with Crippen molar-refractivity contribution in [3.05, 3.63) is 33.1 Å². The number of carbonyl (C=O) groups is 1. The van der Waals surface area contributed by atoms with Gasteiger partial charge >= 0.3 is 0 Å². The van der Waals surface area contributed by atoms with E-state index in [-0.39, 0.29) is 22.3 Å². The number of amides is 1. The maximum atomic E-state index is 12.4. The molecule has 1 unspecified atom stereocenters. The minimum absolute atomic E-state index is 0.0137. The van der Waals surface area contributed by atoms with Gasteiger partial charge in [0.2, 0.25) is 0 Å². The standard InChI is InChI=1S/C13H18ClN3O3/c1-4-9(3)8-16(5-2)13(18)10-6-12(14)15-7-11(10)17(19)20/h6-7,9H,4-5,8H2,1-3H3. The van der Waals surface area contributed by atoms with Crippen LogP contribution in [0.3, 0.4) is 0 Å². The Labute approximate surface area is 122 Å². The van der Waals surface area contributed by atoms with Gasteiger partial charge < -0.3 is 4.90 Å². The Kier molecular flexibility index (Phi) is 5.88. The molecule has 1 amide bonds. The van der Waals surface area contributed by atoms with Crippen molar-refractivity contribution in [1.29, 1.82) is 0 Å². The van der Waals surface area contributed by atoms with Crippen LogP contribution in [0.1, 0.15) is 37.6 Å². The second-order valence-electron chi connectivity index (χ2n) is 4.64. The minimum Gasteiger partial charge on any atom is -0.338 e. The summed E-state index contributed by atoms with van der Waals surface area (Å²) in [5, 5.41) is 11.0. The van der Waals surface area contributed by atoms with E-state index in [0.29, 0.717) is 19.0 Å². The Morgan fingerprint density at radius 3 is 2.70 bits per heavy atom. The first-order valence-electron chi connectivity index (χ1n) is 6.49. The van der Waals surface area contributed by atoms with E-state index in [4.69, 9.17) is 11.6 Å². The van der Waals surface area contributed by atoms with Crippen molar-refractivity contribution in [2.24, 2.45) is 5.92 Å². The van der Waals surface area contributed by atoms with Crippen LogP contribution in [-0.2, 0) is 0 Å². The molecule has 20 heavy (non-hydrogen) atoms. The van der Waals surface area contributed by atoms with Crippen molar-refractivity contribution < 1.29 is 9.72 Å². The Morgan fingerprint density at radius 1 is 1.55 bits per heavy atom. The van der Waals surface area contributed by atoms with Gasteiger partial charge in [-0.15, -0.1) is 0 Å². The predicted molar refractivity (Wildman–Crippen MR) is 76.9 cm³/mol. The number of hydrogen-bond acceptors (Lipinski definition) is 4. The monoisotopic (exact) mass is 299 g/mol. The highest BCUT2D eigenvalue weighted by Crippen LogP contribution is 2.22. The van der Waals surface area contributed by atoms with E-state index in [9.17, 15) is 14.9 Å². The molecule has 0 aliphatic rings. The number of carbonyl (C=O) groups excluding carboxylic acids is 1. The zero-order valence-corrected chi connectivity index (χ0v) is 12.6. The highest BCUT2D eigenvalue weighted by atomic mass is 35.5. The Balaban J connectivity index is 3.11. The number of nitrogens with zero attached hydrogens (tertiary/aromatic N) is 3. The number of nitro groups is 1. The minimum atomic E-state index is -0.617. The molecule has 110 valence electrons. The molecule has 0 N–H and O–H groups in total. The lowest BCUT2D eigenvalue weighted by atomic mass is 10.1. The molecule has 6 nitrogen and oxygen atoms in total. The Bertz CT molecular complexity index is 508. The summed E-state index contributed by atoms with van der Waals surface area (Å²) >= 11 is 5.74. The molecule has 0 aromatic carbocycles. The van der Waals surface area contributed by atoms with Crippen molar-refractivity contribution in [3.8, 4) is 0 Å². The molecule has 0 aliphatic carbocycles. The summed E-state index contributed by atoms with van der Waals surface area (Å²) in [6.45, 7) is 6.96. The van der Waals surface area contributed by atoms with Crippen molar-refractivity contribution in [2.75, 3.05) is 13.1 Å². The van der Waals surface area contributed by atoms with Crippen LogP contribution in [0.25, 0.3) is 0 Å². The van der Waals surface area contributed by atoms with E-state index in [1.54, 1.807) is 4.90 Å². The fourth-order valence-electron chi connectivity index (χ4n) is 1.77. The van der Waals surface area contributed by atoms with Crippen molar-refractivity contribution >= 4 is 23.2 Å². The molecule has 1 aromatic heterocycles. The SMILES string of the molecule is CCC(C)CN(CC)C(=O)c1cc(Cl)ncc1[N+](=O)[O-]. The smallest absolute Gasteiger partial charge is 0.300 e. The third-order valence-electron chi connectivity index (χ3n) is 3.17. The fraction of sp³-hybridized carbons (Fsp3) is 0.538. The molecule has 1 heterocycles. The molecule has 0 saturated carbocycles. The quantitative estimate of drug-likeness (QED) is 0.459. The average Bonchev–Trinajstić information content (AvgIpc) is 2.43. The topological polar surface area (TPSA) is 76.3 Å². The molecule has 1 rings (SSSR count). The summed E-state index contributed by atoms with van der Waals surface area (Å²) in [6, 6.07) is 1.25. The second-order valence-corrected chi connectivity index (χ2v) is 5.03. The number of aromatic nitrogens is 1. The maximum Gasteiger partial charge on any atom is 0.300 e. The maximum absolute atomic E-state index is 12.4. The molecular weight excluding hydrogens is 282 g/mol. The van der Waals surface area contributed by atoms with Crippen LogP contribution in [0.5, 0.6) is 0 Å². The summed E-state index contributed by atoms with van der Waals surface area (Å²) in [7, 11) is 0. The zero-order chi connectivity index (χ0) is 15.3. The van der Waals surface area contributed by atoms with Crippen LogP contribution in [0.2, 0.25) is 5.15 Å². The van der Waals surface area contributed by atoms with Gasteiger partial charge in [0, 0.05) is 13.1 Å².